The van der Waals surface area contributed by atoms with Crippen LogP contribution in [0.25, 0.3) is 22.1 Å². The smallest absolute Gasteiger partial charge is 0.200 e. The van der Waals surface area contributed by atoms with Crippen molar-refractivity contribution in [3.63, 3.8) is 0 Å². The van der Waals surface area contributed by atoms with Crippen molar-refractivity contribution in [2.75, 3.05) is 6.79 Å². The number of aryl methyl sites for hydroxylation is 1. The summed E-state index contributed by atoms with van der Waals surface area (Å²) in [5.41, 5.74) is 3.78. The van der Waals surface area contributed by atoms with Gasteiger partial charge >= 0.3 is 0 Å². The highest BCUT2D eigenvalue weighted by molar-refractivity contribution is 9.10. The first-order chi connectivity index (χ1) is 15.1. The quantitative estimate of drug-likeness (QED) is 0.361. The number of halogens is 1. The molecule has 0 radical (unpaired) electrons. The lowest BCUT2D eigenvalue weighted by atomic mass is 10.0. The Morgan fingerprint density at radius 1 is 1.06 bits per heavy atom. The van der Waals surface area contributed by atoms with E-state index in [1.54, 1.807) is 18.2 Å². The molecule has 5 nitrogen and oxygen atoms in total. The second-order valence-corrected chi connectivity index (χ2v) is 8.25. The van der Waals surface area contributed by atoms with Gasteiger partial charge in [-0.1, -0.05) is 46.3 Å². The summed E-state index contributed by atoms with van der Waals surface area (Å²) in [4.78, 5) is 13.1. The molecule has 31 heavy (non-hydrogen) atoms. The van der Waals surface area contributed by atoms with Crippen LogP contribution in [0.4, 0.5) is 0 Å². The zero-order chi connectivity index (χ0) is 21.4. The van der Waals surface area contributed by atoms with Crippen LogP contribution in [-0.2, 0) is 18.0 Å². The molecular formula is C25H19BrO5. The van der Waals surface area contributed by atoms with Crippen LogP contribution in [0.2, 0.25) is 0 Å². The molecule has 3 aromatic carbocycles. The van der Waals surface area contributed by atoms with Crippen molar-refractivity contribution in [3.05, 3.63) is 92.2 Å². The lowest BCUT2D eigenvalue weighted by Gasteiger charge is -2.21. The third-order valence-corrected chi connectivity index (χ3v) is 5.71. The van der Waals surface area contributed by atoms with Gasteiger partial charge in [-0.2, -0.15) is 0 Å². The van der Waals surface area contributed by atoms with E-state index in [0.717, 1.165) is 26.9 Å². The number of hydrogen-bond acceptors (Lipinski definition) is 5. The number of hydrogen-bond donors (Lipinski definition) is 0. The second kappa shape index (κ2) is 8.21. The minimum absolute atomic E-state index is 0.0500. The fourth-order valence-corrected chi connectivity index (χ4v) is 4.39. The van der Waals surface area contributed by atoms with E-state index in [-0.39, 0.29) is 12.2 Å². The molecule has 0 unspecified atom stereocenters. The Morgan fingerprint density at radius 2 is 1.90 bits per heavy atom. The molecule has 4 aromatic rings. The molecule has 6 heteroatoms. The summed E-state index contributed by atoms with van der Waals surface area (Å²) in [6.07, 6.45) is 0. The van der Waals surface area contributed by atoms with E-state index in [2.05, 4.69) is 15.9 Å². The van der Waals surface area contributed by atoms with Crippen molar-refractivity contribution >= 4 is 26.9 Å². The molecular weight excluding hydrogens is 460 g/mol. The van der Waals surface area contributed by atoms with Gasteiger partial charge in [-0.3, -0.25) is 4.79 Å². The predicted molar refractivity (Wildman–Crippen MR) is 121 cm³/mol. The van der Waals surface area contributed by atoms with Crippen LogP contribution in [0.3, 0.4) is 0 Å². The molecule has 1 aliphatic rings. The summed E-state index contributed by atoms with van der Waals surface area (Å²) in [6.45, 7) is 2.86. The molecule has 0 N–H and O–H groups in total. The zero-order valence-electron chi connectivity index (χ0n) is 16.8. The van der Waals surface area contributed by atoms with Gasteiger partial charge in [-0.15, -0.1) is 0 Å². The second-order valence-electron chi connectivity index (χ2n) is 7.34. The standard InChI is InChI=1S/C25H19BrO5/c1-15-23(16-5-3-2-4-6-16)24(27)21-8-7-20(11-22(21)31-15)29-13-18-10-19(26)9-17-12-28-14-30-25(17)18/h2-11H,12-14H2,1H3. The maximum atomic E-state index is 13.1. The maximum absolute atomic E-state index is 13.1. The minimum atomic E-state index is -0.0500. The van der Waals surface area contributed by atoms with Crippen LogP contribution >= 0.6 is 15.9 Å². The van der Waals surface area contributed by atoms with Gasteiger partial charge in [0.25, 0.3) is 0 Å². The molecule has 0 amide bonds. The Bertz CT molecular complexity index is 1330. The van der Waals surface area contributed by atoms with Gasteiger partial charge in [0.1, 0.15) is 29.4 Å². The first kappa shape index (κ1) is 19.8. The van der Waals surface area contributed by atoms with Gasteiger partial charge in [0.15, 0.2) is 6.79 Å². The third kappa shape index (κ3) is 3.84. The van der Waals surface area contributed by atoms with Crippen LogP contribution in [0.15, 0.2) is 74.3 Å². The van der Waals surface area contributed by atoms with Crippen molar-refractivity contribution < 1.29 is 18.6 Å². The third-order valence-electron chi connectivity index (χ3n) is 5.25. The molecule has 0 saturated heterocycles. The van der Waals surface area contributed by atoms with E-state index >= 15 is 0 Å². The van der Waals surface area contributed by atoms with Gasteiger partial charge in [0.2, 0.25) is 5.43 Å². The van der Waals surface area contributed by atoms with Crippen LogP contribution < -0.4 is 14.9 Å². The lowest BCUT2D eigenvalue weighted by Crippen LogP contribution is -2.14. The van der Waals surface area contributed by atoms with E-state index < -0.39 is 0 Å². The van der Waals surface area contributed by atoms with Gasteiger partial charge in [-0.05, 0) is 36.8 Å². The summed E-state index contributed by atoms with van der Waals surface area (Å²) in [5.74, 6) is 1.99. The largest absolute Gasteiger partial charge is 0.489 e. The maximum Gasteiger partial charge on any atom is 0.200 e. The van der Waals surface area contributed by atoms with Gasteiger partial charge in [0.05, 0.1) is 17.6 Å². The van der Waals surface area contributed by atoms with Crippen molar-refractivity contribution in [2.24, 2.45) is 0 Å². The Labute approximate surface area is 187 Å². The highest BCUT2D eigenvalue weighted by atomic mass is 79.9. The van der Waals surface area contributed by atoms with E-state index in [1.165, 1.54) is 0 Å². The first-order valence-electron chi connectivity index (χ1n) is 9.87. The van der Waals surface area contributed by atoms with Crippen LogP contribution in [-0.4, -0.2) is 6.79 Å². The van der Waals surface area contributed by atoms with Crippen molar-refractivity contribution in [2.45, 2.75) is 20.1 Å². The Balaban J connectivity index is 1.46. The summed E-state index contributed by atoms with van der Waals surface area (Å²) in [5, 5.41) is 0.525. The van der Waals surface area contributed by atoms with Gasteiger partial charge in [-0.25, -0.2) is 0 Å². The molecule has 0 fully saturated rings. The van der Waals surface area contributed by atoms with Crippen molar-refractivity contribution in [1.29, 1.82) is 0 Å². The average molecular weight is 479 g/mol. The van der Waals surface area contributed by atoms with Gasteiger partial charge < -0.3 is 18.6 Å². The number of ether oxygens (including phenoxy) is 3. The van der Waals surface area contributed by atoms with E-state index in [9.17, 15) is 4.79 Å². The van der Waals surface area contributed by atoms with E-state index in [0.29, 0.717) is 41.3 Å². The van der Waals surface area contributed by atoms with Crippen molar-refractivity contribution in [3.8, 4) is 22.6 Å². The molecule has 2 heterocycles. The predicted octanol–water partition coefficient (Wildman–Crippen LogP) is 5.98. The minimum Gasteiger partial charge on any atom is -0.489 e. The Kier molecular flexibility index (Phi) is 5.26. The molecule has 1 aliphatic heterocycles. The topological polar surface area (TPSA) is 57.9 Å². The highest BCUT2D eigenvalue weighted by Crippen LogP contribution is 2.33. The molecule has 0 atom stereocenters. The molecule has 5 rings (SSSR count). The number of rotatable bonds is 4. The lowest BCUT2D eigenvalue weighted by molar-refractivity contribution is -0.0176. The summed E-state index contributed by atoms with van der Waals surface area (Å²) >= 11 is 3.53. The summed E-state index contributed by atoms with van der Waals surface area (Å²) < 4.78 is 24.0. The molecule has 0 bridgehead atoms. The highest BCUT2D eigenvalue weighted by Gasteiger charge is 2.17. The molecule has 0 aliphatic carbocycles. The fourth-order valence-electron chi connectivity index (χ4n) is 3.84. The normalized spacial score (nSPS) is 13.0. The number of benzene rings is 3. The SMILES string of the molecule is Cc1oc2cc(OCc3cc(Br)cc4c3OCOC4)ccc2c(=O)c1-c1ccccc1. The molecule has 1 aromatic heterocycles. The fraction of sp³-hybridized carbons (Fsp3) is 0.160. The summed E-state index contributed by atoms with van der Waals surface area (Å²) in [6, 6.07) is 18.8. The Morgan fingerprint density at radius 3 is 2.74 bits per heavy atom. The van der Waals surface area contributed by atoms with Crippen molar-refractivity contribution in [1.82, 2.24) is 0 Å². The van der Waals surface area contributed by atoms with Crippen LogP contribution in [0.1, 0.15) is 16.9 Å². The number of fused-ring (bicyclic) bond motifs is 2. The zero-order valence-corrected chi connectivity index (χ0v) is 18.4. The molecule has 0 spiro atoms. The first-order valence-corrected chi connectivity index (χ1v) is 10.7. The van der Waals surface area contributed by atoms with E-state index in [1.807, 2.05) is 49.4 Å². The molecule has 0 saturated carbocycles. The van der Waals surface area contributed by atoms with Gasteiger partial charge in [0, 0.05) is 21.7 Å². The molecule has 156 valence electrons. The average Bonchev–Trinajstić information content (AvgIpc) is 2.78. The summed E-state index contributed by atoms with van der Waals surface area (Å²) in [7, 11) is 0. The Hall–Kier alpha value is -3.09. The van der Waals surface area contributed by atoms with Crippen LogP contribution in [0, 0.1) is 6.92 Å². The monoisotopic (exact) mass is 478 g/mol. The van der Waals surface area contributed by atoms with Crippen LogP contribution in [0.5, 0.6) is 11.5 Å². The van der Waals surface area contributed by atoms with E-state index in [4.69, 9.17) is 18.6 Å².